The van der Waals surface area contributed by atoms with Crippen molar-refractivity contribution in [2.24, 2.45) is 29.6 Å². The summed E-state index contributed by atoms with van der Waals surface area (Å²) in [5.74, 6) is -3.31. The van der Waals surface area contributed by atoms with Gasteiger partial charge in [0.1, 0.15) is 12.6 Å². The summed E-state index contributed by atoms with van der Waals surface area (Å²) >= 11 is 0. The van der Waals surface area contributed by atoms with Crippen LogP contribution in [0, 0.1) is 29.6 Å². The van der Waals surface area contributed by atoms with Gasteiger partial charge in [0.15, 0.2) is 11.9 Å². The normalized spacial score (nSPS) is 37.8. The van der Waals surface area contributed by atoms with Gasteiger partial charge in [0.25, 0.3) is 0 Å². The van der Waals surface area contributed by atoms with Gasteiger partial charge >= 0.3 is 11.9 Å². The maximum Gasteiger partial charge on any atom is 0.322 e. The highest BCUT2D eigenvalue weighted by atomic mass is 17.3. The van der Waals surface area contributed by atoms with Crippen LogP contribution in [0.2, 0.25) is 0 Å². The van der Waals surface area contributed by atoms with Crippen LogP contribution in [-0.4, -0.2) is 65.4 Å². The molecule has 0 radical (unpaired) electrons. The van der Waals surface area contributed by atoms with E-state index in [0.717, 1.165) is 19.3 Å². The lowest BCUT2D eigenvalue weighted by Crippen LogP contribution is -2.70. The predicted octanol–water partition coefficient (Wildman–Crippen LogP) is 2.25. The summed E-state index contributed by atoms with van der Waals surface area (Å²) in [5, 5.41) is 13.7. The van der Waals surface area contributed by atoms with Gasteiger partial charge in [-0.25, -0.2) is 9.78 Å². The Morgan fingerprint density at radius 3 is 2.49 bits per heavy atom. The lowest BCUT2D eigenvalue weighted by molar-refractivity contribution is -0.576. The molecule has 4 aliphatic heterocycles. The van der Waals surface area contributed by atoms with Gasteiger partial charge in [-0.3, -0.25) is 19.2 Å². The third-order valence-corrected chi connectivity index (χ3v) is 8.67. The summed E-state index contributed by atoms with van der Waals surface area (Å²) in [5.41, 5.74) is -0.761. The first-order valence-electron chi connectivity index (χ1n) is 14.0. The summed E-state index contributed by atoms with van der Waals surface area (Å²) in [6.07, 6.45) is 1.77. The average Bonchev–Trinajstić information content (AvgIpc) is 3.09. The number of carboxylic acids is 1. The van der Waals surface area contributed by atoms with Crippen LogP contribution in [0.3, 0.4) is 0 Å². The maximum atomic E-state index is 12.8. The SMILES string of the molecule is CC(C)C[C@H](NC(=O)CCC(=O)O[C@@H]1O[C@H]2O[C@@]3(C)CC[C@H]4[C@H](C)CC[C@@H]([C@@H]1C)[C@@]24OO3)C(=O)NCC(=O)O. The molecule has 0 aromatic carbocycles. The van der Waals surface area contributed by atoms with Crippen molar-refractivity contribution >= 4 is 23.8 Å². The van der Waals surface area contributed by atoms with Crippen molar-refractivity contribution in [3.05, 3.63) is 0 Å². The second-order valence-corrected chi connectivity index (χ2v) is 12.1. The standard InChI is InChI=1S/C27H42N2O10/c1-14(2)12-19(23(34)28-13-21(31)32)29-20(30)8-9-22(33)35-24-16(4)18-7-6-15(3)17-10-11-26(5)37-25(36-24)27(17,18)39-38-26/h14-19,24-25H,6-13H2,1-5H3,(H,28,34)(H,29,30)(H,31,32)/t15-,16+,17+,18+,19+,24-,25+,26-,27-/m1/s1. The number of hydrogen-bond acceptors (Lipinski definition) is 9. The number of rotatable bonds is 10. The topological polar surface area (TPSA) is 159 Å². The van der Waals surface area contributed by atoms with Crippen LogP contribution in [0.5, 0.6) is 0 Å². The summed E-state index contributed by atoms with van der Waals surface area (Å²) in [7, 11) is 0. The van der Waals surface area contributed by atoms with Crippen molar-refractivity contribution in [2.45, 2.75) is 110 Å². The summed E-state index contributed by atoms with van der Waals surface area (Å²) in [4.78, 5) is 60.4. The van der Waals surface area contributed by atoms with Crippen molar-refractivity contribution in [2.75, 3.05) is 6.54 Å². The summed E-state index contributed by atoms with van der Waals surface area (Å²) in [6.45, 7) is 9.24. The molecule has 0 unspecified atom stereocenters. The zero-order valence-electron chi connectivity index (χ0n) is 23.4. The first kappa shape index (κ1) is 29.7. The number of nitrogens with one attached hydrogen (secondary N) is 2. The third kappa shape index (κ3) is 6.23. The van der Waals surface area contributed by atoms with E-state index < -0.39 is 60.3 Å². The fourth-order valence-electron chi connectivity index (χ4n) is 6.67. The molecule has 1 saturated carbocycles. The van der Waals surface area contributed by atoms with Crippen LogP contribution in [0.4, 0.5) is 0 Å². The number of amides is 2. The average molecular weight is 555 g/mol. The molecule has 5 aliphatic rings. The zero-order valence-corrected chi connectivity index (χ0v) is 23.4. The molecule has 2 bridgehead atoms. The second kappa shape index (κ2) is 11.7. The van der Waals surface area contributed by atoms with Crippen molar-refractivity contribution in [3.63, 3.8) is 0 Å². The van der Waals surface area contributed by atoms with E-state index in [2.05, 4.69) is 17.6 Å². The van der Waals surface area contributed by atoms with Crippen molar-refractivity contribution < 1.29 is 48.3 Å². The molecule has 12 nitrogen and oxygen atoms in total. The molecule has 4 heterocycles. The molecular formula is C27H42N2O10. The number of esters is 1. The Hall–Kier alpha value is -2.28. The molecule has 1 aliphatic carbocycles. The monoisotopic (exact) mass is 554 g/mol. The van der Waals surface area contributed by atoms with E-state index in [-0.39, 0.29) is 36.5 Å². The van der Waals surface area contributed by atoms with Crippen LogP contribution in [0.25, 0.3) is 0 Å². The van der Waals surface area contributed by atoms with Crippen LogP contribution < -0.4 is 10.6 Å². The van der Waals surface area contributed by atoms with Crippen LogP contribution in [-0.2, 0) is 43.2 Å². The molecule has 5 fully saturated rings. The van der Waals surface area contributed by atoms with E-state index >= 15 is 0 Å². The quantitative estimate of drug-likeness (QED) is 0.270. The molecule has 220 valence electrons. The number of fused-ring (bicyclic) bond motifs is 2. The predicted molar refractivity (Wildman–Crippen MR) is 134 cm³/mol. The molecule has 1 spiro atoms. The molecule has 9 atom stereocenters. The fourth-order valence-corrected chi connectivity index (χ4v) is 6.67. The van der Waals surface area contributed by atoms with E-state index in [9.17, 15) is 19.2 Å². The molecule has 0 aromatic heterocycles. The summed E-state index contributed by atoms with van der Waals surface area (Å²) < 4.78 is 18.2. The Morgan fingerprint density at radius 2 is 1.79 bits per heavy atom. The fraction of sp³-hybridized carbons (Fsp3) is 0.852. The van der Waals surface area contributed by atoms with Crippen LogP contribution in [0.15, 0.2) is 0 Å². The minimum absolute atomic E-state index is 0.00213. The lowest BCUT2D eigenvalue weighted by Gasteiger charge is -2.59. The van der Waals surface area contributed by atoms with E-state index in [1.165, 1.54) is 0 Å². The van der Waals surface area contributed by atoms with Crippen LogP contribution >= 0.6 is 0 Å². The van der Waals surface area contributed by atoms with Crippen molar-refractivity contribution in [1.82, 2.24) is 10.6 Å². The Bertz CT molecular complexity index is 959. The molecule has 3 N–H and O–H groups in total. The number of carbonyl (C=O) groups excluding carboxylic acids is 3. The number of hydrogen-bond donors (Lipinski definition) is 3. The van der Waals surface area contributed by atoms with Gasteiger partial charge in [0.2, 0.25) is 23.9 Å². The maximum absolute atomic E-state index is 12.8. The van der Waals surface area contributed by atoms with E-state index in [1.54, 1.807) is 0 Å². The Labute approximate surface area is 228 Å². The number of aliphatic carboxylic acids is 1. The van der Waals surface area contributed by atoms with E-state index in [4.69, 9.17) is 29.1 Å². The van der Waals surface area contributed by atoms with Gasteiger partial charge in [-0.2, -0.15) is 0 Å². The van der Waals surface area contributed by atoms with Gasteiger partial charge in [-0.05, 0) is 50.4 Å². The Morgan fingerprint density at radius 1 is 1.05 bits per heavy atom. The minimum atomic E-state index is -1.18. The largest absolute Gasteiger partial charge is 0.480 e. The molecule has 0 aromatic rings. The lowest BCUT2D eigenvalue weighted by atomic mass is 9.58. The second-order valence-electron chi connectivity index (χ2n) is 12.1. The number of carbonyl (C=O) groups is 4. The molecule has 2 amide bonds. The minimum Gasteiger partial charge on any atom is -0.480 e. The van der Waals surface area contributed by atoms with Crippen LogP contribution in [0.1, 0.15) is 79.6 Å². The molecule has 12 heteroatoms. The highest BCUT2D eigenvalue weighted by Gasteiger charge is 2.69. The Kier molecular flexibility index (Phi) is 8.89. The van der Waals surface area contributed by atoms with Gasteiger partial charge in [-0.1, -0.05) is 27.7 Å². The van der Waals surface area contributed by atoms with Crippen molar-refractivity contribution in [1.29, 1.82) is 0 Å². The van der Waals surface area contributed by atoms with E-state index in [0.29, 0.717) is 18.8 Å². The molecular weight excluding hydrogens is 512 g/mol. The highest BCUT2D eigenvalue weighted by molar-refractivity contribution is 5.90. The summed E-state index contributed by atoms with van der Waals surface area (Å²) in [6, 6.07) is -0.904. The number of ether oxygens (including phenoxy) is 3. The van der Waals surface area contributed by atoms with Gasteiger partial charge < -0.3 is 30.0 Å². The highest BCUT2D eigenvalue weighted by Crippen LogP contribution is 2.60. The van der Waals surface area contributed by atoms with Gasteiger partial charge in [0, 0.05) is 24.7 Å². The van der Waals surface area contributed by atoms with Gasteiger partial charge in [-0.15, -0.1) is 0 Å². The smallest absolute Gasteiger partial charge is 0.322 e. The first-order valence-corrected chi connectivity index (χ1v) is 14.0. The molecule has 39 heavy (non-hydrogen) atoms. The first-order chi connectivity index (χ1) is 18.3. The van der Waals surface area contributed by atoms with Crippen molar-refractivity contribution in [3.8, 4) is 0 Å². The number of carboxylic acid groups (broad SMARTS) is 1. The third-order valence-electron chi connectivity index (χ3n) is 8.67. The van der Waals surface area contributed by atoms with Gasteiger partial charge in [0.05, 0.1) is 6.42 Å². The van der Waals surface area contributed by atoms with E-state index in [1.807, 2.05) is 27.7 Å². The Balaban J connectivity index is 1.35. The molecule has 4 saturated heterocycles. The zero-order chi connectivity index (χ0) is 28.5. The molecule has 5 rings (SSSR count).